The topological polar surface area (TPSA) is 30.4 Å². The second kappa shape index (κ2) is 8.86. The lowest BCUT2D eigenvalue weighted by atomic mass is 9.97. The van der Waals surface area contributed by atoms with E-state index >= 15 is 0 Å². The average molecular weight is 467 g/mol. The smallest absolute Gasteiger partial charge is 0.137 e. The average Bonchev–Trinajstić information content (AvgIpc) is 3.44. The molecule has 2 aromatic heterocycles. The summed E-state index contributed by atoms with van der Waals surface area (Å²) in [6.45, 7) is 10.2. The Morgan fingerprint density at radius 2 is 1.58 bits per heavy atom. The fourth-order valence-electron chi connectivity index (χ4n) is 5.22. The number of benzene rings is 4. The minimum atomic E-state index is 0.596. The summed E-state index contributed by atoms with van der Waals surface area (Å²) in [5.41, 5.74) is 8.50. The maximum Gasteiger partial charge on any atom is 0.137 e. The maximum atomic E-state index is 6.42. The Morgan fingerprint density at radius 3 is 2.28 bits per heavy atom. The summed E-state index contributed by atoms with van der Waals surface area (Å²) in [5, 5.41) is 4.68. The molecule has 0 N–H and O–H groups in total. The number of furan rings is 1. The molecule has 36 heavy (non-hydrogen) atoms. The van der Waals surface area contributed by atoms with Crippen molar-refractivity contribution in [3.8, 4) is 5.69 Å². The van der Waals surface area contributed by atoms with Gasteiger partial charge in [-0.05, 0) is 55.1 Å². The highest BCUT2D eigenvalue weighted by atomic mass is 16.3. The molecule has 4 aromatic carbocycles. The Balaban J connectivity index is 1.59. The Kier molecular flexibility index (Phi) is 5.38. The highest BCUT2D eigenvalue weighted by Gasteiger charge is 2.16. The maximum absolute atomic E-state index is 6.42. The molecule has 0 bridgehead atoms. The van der Waals surface area contributed by atoms with Gasteiger partial charge in [-0.25, -0.2) is 0 Å². The standard InChI is InChI=1S/C33H26N2O/c1-4-10-23(19-22(2)21-34-3)25-13-9-16-31-33(25)28-18-17-24(20-32(28)36-31)35-29-14-7-5-11-26(29)27-12-6-8-15-30(27)35/h4-20H,1,3,21H2,2H3/b22-19+,23-10+. The van der Waals surface area contributed by atoms with Crippen molar-refractivity contribution in [2.45, 2.75) is 6.92 Å². The van der Waals surface area contributed by atoms with E-state index < -0.39 is 0 Å². The van der Waals surface area contributed by atoms with Crippen molar-refractivity contribution in [1.29, 1.82) is 0 Å². The van der Waals surface area contributed by atoms with E-state index in [1.54, 1.807) is 0 Å². The first kappa shape index (κ1) is 21.9. The number of fused-ring (bicyclic) bond motifs is 6. The van der Waals surface area contributed by atoms with Gasteiger partial charge in [0, 0.05) is 33.3 Å². The van der Waals surface area contributed by atoms with Gasteiger partial charge in [0.15, 0.2) is 0 Å². The zero-order valence-corrected chi connectivity index (χ0v) is 20.2. The molecule has 0 unspecified atom stereocenters. The molecule has 0 amide bonds. The van der Waals surface area contributed by atoms with Crippen molar-refractivity contribution >= 4 is 56.0 Å². The fourth-order valence-corrected chi connectivity index (χ4v) is 5.22. The number of aromatic nitrogens is 1. The van der Waals surface area contributed by atoms with E-state index in [1.165, 1.54) is 21.8 Å². The van der Waals surface area contributed by atoms with E-state index in [-0.39, 0.29) is 0 Å². The molecule has 3 nitrogen and oxygen atoms in total. The molecular formula is C33H26N2O. The molecule has 0 radical (unpaired) electrons. The van der Waals surface area contributed by atoms with Crippen LogP contribution >= 0.6 is 0 Å². The predicted octanol–water partition coefficient (Wildman–Crippen LogP) is 8.90. The Hall–Kier alpha value is -4.63. The summed E-state index contributed by atoms with van der Waals surface area (Å²) in [4.78, 5) is 4.03. The van der Waals surface area contributed by atoms with Crippen LogP contribution < -0.4 is 0 Å². The SMILES string of the molecule is C=C/C=C(\C=C(/C)CN=C)c1cccc2oc3cc(-n4c5ccccc5c5ccccc54)ccc3c12. The van der Waals surface area contributed by atoms with Crippen molar-refractivity contribution in [1.82, 2.24) is 4.57 Å². The Labute approximate surface area is 210 Å². The lowest BCUT2D eigenvalue weighted by Gasteiger charge is -2.08. The molecule has 2 heterocycles. The third-order valence-corrected chi connectivity index (χ3v) is 6.69. The highest BCUT2D eigenvalue weighted by molar-refractivity contribution is 6.12. The van der Waals surface area contributed by atoms with Crippen molar-refractivity contribution in [3.63, 3.8) is 0 Å². The summed E-state index contributed by atoms with van der Waals surface area (Å²) in [6, 6.07) is 29.8. The van der Waals surface area contributed by atoms with Gasteiger partial charge >= 0.3 is 0 Å². The first-order chi connectivity index (χ1) is 17.7. The van der Waals surface area contributed by atoms with E-state index in [0.29, 0.717) is 6.54 Å². The van der Waals surface area contributed by atoms with Gasteiger partial charge in [0.1, 0.15) is 11.2 Å². The molecule has 0 spiro atoms. The summed E-state index contributed by atoms with van der Waals surface area (Å²) >= 11 is 0. The summed E-state index contributed by atoms with van der Waals surface area (Å²) in [7, 11) is 0. The zero-order chi connectivity index (χ0) is 24.6. The van der Waals surface area contributed by atoms with E-state index in [4.69, 9.17) is 4.42 Å². The van der Waals surface area contributed by atoms with Crippen LogP contribution in [0.3, 0.4) is 0 Å². The third kappa shape index (κ3) is 3.48. The molecule has 0 saturated carbocycles. The monoisotopic (exact) mass is 466 g/mol. The third-order valence-electron chi connectivity index (χ3n) is 6.69. The van der Waals surface area contributed by atoms with Crippen LogP contribution in [-0.4, -0.2) is 17.8 Å². The van der Waals surface area contributed by atoms with Gasteiger partial charge in [-0.3, -0.25) is 4.99 Å². The zero-order valence-electron chi connectivity index (χ0n) is 20.2. The van der Waals surface area contributed by atoms with Gasteiger partial charge in [-0.2, -0.15) is 0 Å². The lowest BCUT2D eigenvalue weighted by molar-refractivity contribution is 0.668. The van der Waals surface area contributed by atoms with Crippen LogP contribution in [0, 0.1) is 0 Å². The van der Waals surface area contributed by atoms with Crippen LogP contribution in [0.5, 0.6) is 0 Å². The van der Waals surface area contributed by atoms with Crippen molar-refractivity contribution in [2.24, 2.45) is 4.99 Å². The minimum absolute atomic E-state index is 0.596. The predicted molar refractivity (Wildman–Crippen MR) is 154 cm³/mol. The van der Waals surface area contributed by atoms with Gasteiger partial charge in [0.25, 0.3) is 0 Å². The molecule has 6 aromatic rings. The van der Waals surface area contributed by atoms with E-state index in [9.17, 15) is 0 Å². The van der Waals surface area contributed by atoms with Crippen LogP contribution in [0.1, 0.15) is 12.5 Å². The normalized spacial score (nSPS) is 12.7. The van der Waals surface area contributed by atoms with Gasteiger partial charge < -0.3 is 8.98 Å². The molecule has 0 aliphatic heterocycles. The second-order valence-electron chi connectivity index (χ2n) is 9.06. The molecule has 0 saturated heterocycles. The Morgan fingerprint density at radius 1 is 0.861 bits per heavy atom. The van der Waals surface area contributed by atoms with E-state index in [1.807, 2.05) is 24.3 Å². The van der Waals surface area contributed by atoms with Crippen LogP contribution in [-0.2, 0) is 0 Å². The lowest BCUT2D eigenvalue weighted by Crippen LogP contribution is -1.93. The van der Waals surface area contributed by atoms with Crippen LogP contribution in [0.25, 0.3) is 55.0 Å². The number of hydrogen-bond donors (Lipinski definition) is 0. The molecular weight excluding hydrogens is 440 g/mol. The number of nitrogens with zero attached hydrogens (tertiary/aromatic N) is 2. The largest absolute Gasteiger partial charge is 0.456 e. The van der Waals surface area contributed by atoms with Crippen LogP contribution in [0.4, 0.5) is 0 Å². The minimum Gasteiger partial charge on any atom is -0.456 e. The summed E-state index contributed by atoms with van der Waals surface area (Å²) < 4.78 is 8.74. The number of para-hydroxylation sites is 2. The molecule has 0 aliphatic carbocycles. The van der Waals surface area contributed by atoms with Gasteiger partial charge in [0.05, 0.1) is 17.6 Å². The summed E-state index contributed by atoms with van der Waals surface area (Å²) in [6.07, 6.45) is 6.00. The second-order valence-corrected chi connectivity index (χ2v) is 9.06. The summed E-state index contributed by atoms with van der Waals surface area (Å²) in [5.74, 6) is 0. The Bertz CT molecular complexity index is 1810. The fraction of sp³-hybridized carbons (Fsp3) is 0.0606. The van der Waals surface area contributed by atoms with E-state index in [2.05, 4.69) is 109 Å². The molecule has 3 heteroatoms. The van der Waals surface area contributed by atoms with Gasteiger partial charge in [-0.15, -0.1) is 0 Å². The van der Waals surface area contributed by atoms with Gasteiger partial charge in [-0.1, -0.05) is 78.9 Å². The number of rotatable bonds is 6. The first-order valence-corrected chi connectivity index (χ1v) is 12.1. The first-order valence-electron chi connectivity index (χ1n) is 12.1. The van der Waals surface area contributed by atoms with Crippen LogP contribution in [0.2, 0.25) is 0 Å². The highest BCUT2D eigenvalue weighted by Crippen LogP contribution is 2.38. The molecule has 0 fully saturated rings. The van der Waals surface area contributed by atoms with Crippen molar-refractivity contribution in [3.05, 3.63) is 121 Å². The van der Waals surface area contributed by atoms with Crippen molar-refractivity contribution in [2.75, 3.05) is 6.54 Å². The number of aliphatic imine (C=N–C) groups is 1. The molecule has 0 atom stereocenters. The number of hydrogen-bond acceptors (Lipinski definition) is 2. The quantitative estimate of drug-likeness (QED) is 0.178. The molecule has 6 rings (SSSR count). The molecule has 174 valence electrons. The van der Waals surface area contributed by atoms with Gasteiger partial charge in [0.2, 0.25) is 0 Å². The van der Waals surface area contributed by atoms with Crippen molar-refractivity contribution < 1.29 is 4.42 Å². The van der Waals surface area contributed by atoms with E-state index in [0.717, 1.165) is 44.3 Å². The molecule has 0 aliphatic rings. The van der Waals surface area contributed by atoms with Crippen LogP contribution in [0.15, 0.2) is 125 Å². The number of allylic oxidation sites excluding steroid dienone is 4.